The van der Waals surface area contributed by atoms with E-state index in [0.29, 0.717) is 12.8 Å². The first-order chi connectivity index (χ1) is 31.1. The summed E-state index contributed by atoms with van der Waals surface area (Å²) in [6.07, 6.45) is 68.2. The Kier molecular flexibility index (Phi) is 53.8. The van der Waals surface area contributed by atoms with Gasteiger partial charge in [-0.15, -0.1) is 0 Å². The molecule has 0 aromatic carbocycles. The average molecular weight is 890 g/mol. The number of ether oxygens (including phenoxy) is 2. The van der Waals surface area contributed by atoms with Crippen LogP contribution >= 0.6 is 0 Å². The molecule has 63 heavy (non-hydrogen) atoms. The molecule has 0 saturated carbocycles. The van der Waals surface area contributed by atoms with E-state index in [-0.39, 0.29) is 25.2 Å². The Labute approximate surface area is 394 Å². The molecule has 0 aromatic heterocycles. The van der Waals surface area contributed by atoms with Crippen LogP contribution in [0.3, 0.4) is 0 Å². The van der Waals surface area contributed by atoms with Gasteiger partial charge in [0.15, 0.2) is 6.10 Å². The molecule has 0 amide bonds. The van der Waals surface area contributed by atoms with Crippen molar-refractivity contribution >= 4 is 11.9 Å². The van der Waals surface area contributed by atoms with E-state index >= 15 is 0 Å². The average Bonchev–Trinajstić information content (AvgIpc) is 3.29. The molecule has 1 atom stereocenters. The summed E-state index contributed by atoms with van der Waals surface area (Å²) < 4.78 is 10.6. The van der Waals surface area contributed by atoms with E-state index in [1.165, 1.54) is 263 Å². The molecule has 0 radical (unpaired) electrons. The summed E-state index contributed by atoms with van der Waals surface area (Å²) in [6, 6.07) is 0. The molecule has 1 unspecified atom stereocenters. The van der Waals surface area contributed by atoms with Gasteiger partial charge in [-0.2, -0.15) is 0 Å². The van der Waals surface area contributed by atoms with E-state index in [2.05, 4.69) is 26.0 Å². The molecule has 0 heterocycles. The predicted octanol–water partition coefficient (Wildman–Crippen LogP) is 19.1. The minimum Gasteiger partial charge on any atom is -0.462 e. The molecular formula is C58H112O5. The van der Waals surface area contributed by atoms with Crippen LogP contribution in [0.1, 0.15) is 328 Å². The highest BCUT2D eigenvalue weighted by Crippen LogP contribution is 2.18. The molecule has 0 aliphatic heterocycles. The van der Waals surface area contributed by atoms with Gasteiger partial charge in [-0.3, -0.25) is 9.59 Å². The van der Waals surface area contributed by atoms with E-state index in [9.17, 15) is 14.7 Å². The van der Waals surface area contributed by atoms with E-state index in [4.69, 9.17) is 9.47 Å². The Hall–Kier alpha value is -1.36. The Bertz CT molecular complexity index is 917. The van der Waals surface area contributed by atoms with Crippen molar-refractivity contribution in [2.45, 2.75) is 335 Å². The van der Waals surface area contributed by atoms with Crippen molar-refractivity contribution in [1.82, 2.24) is 0 Å². The summed E-state index contributed by atoms with van der Waals surface area (Å²) in [6.45, 7) is 4.14. The van der Waals surface area contributed by atoms with E-state index in [0.717, 1.165) is 38.5 Å². The zero-order valence-corrected chi connectivity index (χ0v) is 42.9. The van der Waals surface area contributed by atoms with Crippen LogP contribution in [-0.4, -0.2) is 36.4 Å². The molecule has 5 heteroatoms. The third kappa shape index (κ3) is 53.1. The molecular weight excluding hydrogens is 777 g/mol. The standard InChI is InChI=1S/C58H112O5/c1-3-5-7-9-11-13-14-15-16-17-18-19-20-21-22-23-24-25-26-27-28-29-30-31-32-33-34-35-36-37-38-39-40-41-42-43-44-45-47-49-51-53-58(61)63-56(54-59)55-62-57(60)52-50-48-46-12-10-8-6-4-2/h17-18,56,59H,3-16,19-55H2,1-2H3/b18-17-. The molecule has 374 valence electrons. The predicted molar refractivity (Wildman–Crippen MR) is 275 cm³/mol. The summed E-state index contributed by atoms with van der Waals surface area (Å²) in [4.78, 5) is 24.2. The molecule has 0 spiro atoms. The molecule has 0 saturated heterocycles. The quantitative estimate of drug-likeness (QED) is 0.0374. The first-order valence-electron chi connectivity index (χ1n) is 28.7. The Morgan fingerprint density at radius 2 is 0.587 bits per heavy atom. The number of carbonyl (C=O) groups is 2. The van der Waals surface area contributed by atoms with Gasteiger partial charge in [0.2, 0.25) is 0 Å². The highest BCUT2D eigenvalue weighted by molar-refractivity contribution is 5.70. The van der Waals surface area contributed by atoms with Crippen LogP contribution in [0.25, 0.3) is 0 Å². The topological polar surface area (TPSA) is 72.8 Å². The molecule has 5 nitrogen and oxygen atoms in total. The number of unbranched alkanes of at least 4 members (excludes halogenated alkanes) is 44. The van der Waals surface area contributed by atoms with Gasteiger partial charge >= 0.3 is 11.9 Å². The lowest BCUT2D eigenvalue weighted by Gasteiger charge is -2.15. The van der Waals surface area contributed by atoms with Crippen LogP contribution < -0.4 is 0 Å². The Morgan fingerprint density at radius 3 is 0.857 bits per heavy atom. The van der Waals surface area contributed by atoms with Gasteiger partial charge in [0.05, 0.1) is 6.61 Å². The van der Waals surface area contributed by atoms with Crippen LogP contribution in [0.5, 0.6) is 0 Å². The van der Waals surface area contributed by atoms with Crippen molar-refractivity contribution in [3.05, 3.63) is 12.2 Å². The number of aliphatic hydroxyl groups is 1. The fourth-order valence-corrected chi connectivity index (χ4v) is 8.97. The van der Waals surface area contributed by atoms with Crippen molar-refractivity contribution in [2.75, 3.05) is 13.2 Å². The van der Waals surface area contributed by atoms with Gasteiger partial charge in [0.1, 0.15) is 6.61 Å². The second-order valence-electron chi connectivity index (χ2n) is 19.7. The minimum absolute atomic E-state index is 0.0584. The first-order valence-corrected chi connectivity index (χ1v) is 28.7. The summed E-state index contributed by atoms with van der Waals surface area (Å²) in [5.41, 5.74) is 0. The van der Waals surface area contributed by atoms with Crippen molar-refractivity contribution in [1.29, 1.82) is 0 Å². The molecule has 0 rings (SSSR count). The van der Waals surface area contributed by atoms with Gasteiger partial charge in [-0.1, -0.05) is 289 Å². The van der Waals surface area contributed by atoms with E-state index in [1.54, 1.807) is 0 Å². The third-order valence-corrected chi connectivity index (χ3v) is 13.3. The normalized spacial score (nSPS) is 12.1. The van der Waals surface area contributed by atoms with Gasteiger partial charge in [0, 0.05) is 12.8 Å². The number of aliphatic hydroxyl groups excluding tert-OH is 1. The third-order valence-electron chi connectivity index (χ3n) is 13.3. The summed E-state index contributed by atoms with van der Waals surface area (Å²) in [5.74, 6) is -0.578. The van der Waals surface area contributed by atoms with Crippen LogP contribution in [0.4, 0.5) is 0 Å². The number of allylic oxidation sites excluding steroid dienone is 2. The van der Waals surface area contributed by atoms with Crippen LogP contribution in [0, 0.1) is 0 Å². The minimum atomic E-state index is -0.762. The highest BCUT2D eigenvalue weighted by atomic mass is 16.6. The SMILES string of the molecule is CCCCCCCCCC/C=C\CCCCCCCCCCCCCCCCCCCCCCCCCCCCCCCC(=O)OC(CO)COC(=O)CCCCCCCCCC. The molecule has 0 aliphatic rings. The highest BCUT2D eigenvalue weighted by Gasteiger charge is 2.16. The summed E-state index contributed by atoms with van der Waals surface area (Å²) >= 11 is 0. The maximum Gasteiger partial charge on any atom is 0.306 e. The lowest BCUT2D eigenvalue weighted by atomic mass is 10.0. The van der Waals surface area contributed by atoms with Crippen LogP contribution in [0.2, 0.25) is 0 Å². The first kappa shape index (κ1) is 61.6. The lowest BCUT2D eigenvalue weighted by Crippen LogP contribution is -2.28. The number of hydrogen-bond donors (Lipinski definition) is 1. The second kappa shape index (κ2) is 55.0. The van der Waals surface area contributed by atoms with E-state index < -0.39 is 6.10 Å². The number of rotatable bonds is 54. The van der Waals surface area contributed by atoms with Crippen LogP contribution in [0.15, 0.2) is 12.2 Å². The zero-order chi connectivity index (χ0) is 45.6. The second-order valence-corrected chi connectivity index (χ2v) is 19.7. The summed E-state index contributed by atoms with van der Waals surface area (Å²) in [5, 5.41) is 9.57. The number of hydrogen-bond acceptors (Lipinski definition) is 5. The maximum absolute atomic E-state index is 12.2. The van der Waals surface area contributed by atoms with Crippen molar-refractivity contribution in [3.63, 3.8) is 0 Å². The monoisotopic (exact) mass is 889 g/mol. The Balaban J connectivity index is 3.28. The molecule has 0 fully saturated rings. The van der Waals surface area contributed by atoms with E-state index in [1.807, 2.05) is 0 Å². The van der Waals surface area contributed by atoms with Crippen molar-refractivity contribution in [2.24, 2.45) is 0 Å². The van der Waals surface area contributed by atoms with Gasteiger partial charge < -0.3 is 14.6 Å². The van der Waals surface area contributed by atoms with Crippen LogP contribution in [-0.2, 0) is 19.1 Å². The smallest absolute Gasteiger partial charge is 0.306 e. The Morgan fingerprint density at radius 1 is 0.349 bits per heavy atom. The van der Waals surface area contributed by atoms with Gasteiger partial charge in [-0.25, -0.2) is 0 Å². The molecule has 0 bridgehead atoms. The fourth-order valence-electron chi connectivity index (χ4n) is 8.97. The van der Waals surface area contributed by atoms with Crippen molar-refractivity contribution < 1.29 is 24.2 Å². The molecule has 0 aliphatic carbocycles. The van der Waals surface area contributed by atoms with Crippen molar-refractivity contribution in [3.8, 4) is 0 Å². The molecule has 0 aromatic rings. The lowest BCUT2D eigenvalue weighted by molar-refractivity contribution is -0.161. The van der Waals surface area contributed by atoms with Gasteiger partial charge in [-0.05, 0) is 38.5 Å². The maximum atomic E-state index is 12.2. The zero-order valence-electron chi connectivity index (χ0n) is 42.9. The fraction of sp³-hybridized carbons (Fsp3) is 0.931. The van der Waals surface area contributed by atoms with Gasteiger partial charge in [0.25, 0.3) is 0 Å². The largest absolute Gasteiger partial charge is 0.462 e. The number of esters is 2. The molecule has 1 N–H and O–H groups in total. The summed E-state index contributed by atoms with van der Waals surface area (Å²) in [7, 11) is 0. The number of carbonyl (C=O) groups excluding carboxylic acids is 2.